The first-order chi connectivity index (χ1) is 14.9. The van der Waals surface area contributed by atoms with E-state index in [0.29, 0.717) is 22.7 Å². The van der Waals surface area contributed by atoms with Crippen LogP contribution < -0.4 is 10.1 Å². The van der Waals surface area contributed by atoms with Crippen molar-refractivity contribution in [3.05, 3.63) is 88.0 Å². The van der Waals surface area contributed by atoms with Crippen LogP contribution in [0.15, 0.2) is 71.6 Å². The predicted molar refractivity (Wildman–Crippen MR) is 119 cm³/mol. The summed E-state index contributed by atoms with van der Waals surface area (Å²) < 4.78 is 5.80. The molecule has 0 bridgehead atoms. The second-order valence-electron chi connectivity index (χ2n) is 6.72. The predicted octanol–water partition coefficient (Wildman–Crippen LogP) is 5.69. The molecule has 1 unspecified atom stereocenters. The summed E-state index contributed by atoms with van der Waals surface area (Å²) in [5.41, 5.74) is 2.09. The van der Waals surface area contributed by atoms with Gasteiger partial charge in [-0.2, -0.15) is 5.26 Å². The smallest absolute Gasteiger partial charge is 0.269 e. The molecule has 0 aliphatic heterocycles. The fourth-order valence-electron chi connectivity index (χ4n) is 2.71. The van der Waals surface area contributed by atoms with E-state index in [0.717, 1.165) is 10.5 Å². The zero-order valence-electron chi connectivity index (χ0n) is 16.9. The van der Waals surface area contributed by atoms with E-state index in [1.807, 2.05) is 13.0 Å². The topological polar surface area (TPSA) is 105 Å². The number of nitro benzene ring substituents is 1. The van der Waals surface area contributed by atoms with Gasteiger partial charge in [-0.25, -0.2) is 0 Å². The van der Waals surface area contributed by atoms with Crippen molar-refractivity contribution in [2.24, 2.45) is 0 Å². The number of thioether (sulfide) groups is 1. The molecule has 8 heteroatoms. The normalized spacial score (nSPS) is 11.3. The van der Waals surface area contributed by atoms with Gasteiger partial charge in [0.25, 0.3) is 5.69 Å². The van der Waals surface area contributed by atoms with Gasteiger partial charge in [-0.15, -0.1) is 11.8 Å². The maximum atomic E-state index is 12.6. The molecule has 3 aromatic rings. The molecule has 7 nitrogen and oxygen atoms in total. The Hall–Kier alpha value is -3.83. The van der Waals surface area contributed by atoms with Crippen LogP contribution in [0.3, 0.4) is 0 Å². The average Bonchev–Trinajstić information content (AvgIpc) is 2.76. The van der Waals surface area contributed by atoms with E-state index in [-0.39, 0.29) is 11.6 Å². The number of hydrogen-bond donors (Lipinski definition) is 1. The number of nitro groups is 1. The lowest BCUT2D eigenvalue weighted by atomic mass is 10.2. The number of nitrogens with one attached hydrogen (secondary N) is 1. The Labute approximate surface area is 183 Å². The second kappa shape index (κ2) is 9.78. The molecule has 156 valence electrons. The SMILES string of the molecule is Cc1cc(Oc2ccc(C#N)cc2)ccc1NC(=O)C(C)Sc1ccc([N+](=O)[O-])cc1. The van der Waals surface area contributed by atoms with Crippen molar-refractivity contribution in [1.29, 1.82) is 5.26 Å². The summed E-state index contributed by atoms with van der Waals surface area (Å²) in [6.07, 6.45) is 0. The van der Waals surface area contributed by atoms with Crippen molar-refractivity contribution in [2.45, 2.75) is 24.0 Å². The summed E-state index contributed by atoms with van der Waals surface area (Å²) in [7, 11) is 0. The fourth-order valence-corrected chi connectivity index (χ4v) is 3.58. The summed E-state index contributed by atoms with van der Waals surface area (Å²) in [5.74, 6) is 1.06. The molecule has 1 amide bonds. The van der Waals surface area contributed by atoms with Gasteiger partial charge in [0.15, 0.2) is 0 Å². The first-order valence-corrected chi connectivity index (χ1v) is 10.2. The number of nitriles is 1. The number of carbonyl (C=O) groups excluding carboxylic acids is 1. The summed E-state index contributed by atoms with van der Waals surface area (Å²) in [4.78, 5) is 23.6. The van der Waals surface area contributed by atoms with Crippen LogP contribution in [0.25, 0.3) is 0 Å². The van der Waals surface area contributed by atoms with Crippen LogP contribution in [-0.2, 0) is 4.79 Å². The monoisotopic (exact) mass is 433 g/mol. The highest BCUT2D eigenvalue weighted by atomic mass is 32.2. The van der Waals surface area contributed by atoms with E-state index in [9.17, 15) is 14.9 Å². The van der Waals surface area contributed by atoms with Crippen molar-refractivity contribution in [3.63, 3.8) is 0 Å². The molecule has 1 atom stereocenters. The quantitative estimate of drug-likeness (QED) is 0.292. The van der Waals surface area contributed by atoms with E-state index in [1.54, 1.807) is 55.5 Å². The van der Waals surface area contributed by atoms with Crippen LogP contribution in [0.2, 0.25) is 0 Å². The zero-order chi connectivity index (χ0) is 22.4. The van der Waals surface area contributed by atoms with Gasteiger partial charge in [0.05, 0.1) is 21.8 Å². The molecule has 0 fully saturated rings. The van der Waals surface area contributed by atoms with Crippen molar-refractivity contribution in [2.75, 3.05) is 5.32 Å². The number of rotatable bonds is 7. The lowest BCUT2D eigenvalue weighted by Crippen LogP contribution is -2.22. The van der Waals surface area contributed by atoms with Crippen molar-refractivity contribution >= 4 is 29.0 Å². The van der Waals surface area contributed by atoms with Gasteiger partial charge in [-0.3, -0.25) is 14.9 Å². The molecule has 0 spiro atoms. The highest BCUT2D eigenvalue weighted by Gasteiger charge is 2.16. The molecule has 0 saturated heterocycles. The Morgan fingerprint density at radius 3 is 2.32 bits per heavy atom. The Balaban J connectivity index is 1.61. The van der Waals surface area contributed by atoms with Gasteiger partial charge in [-0.1, -0.05) is 0 Å². The Morgan fingerprint density at radius 1 is 1.10 bits per heavy atom. The van der Waals surface area contributed by atoms with Gasteiger partial charge < -0.3 is 10.1 Å². The first kappa shape index (κ1) is 21.9. The summed E-state index contributed by atoms with van der Waals surface area (Å²) in [6, 6.07) is 20.3. The number of carbonyl (C=O) groups is 1. The summed E-state index contributed by atoms with van der Waals surface area (Å²) in [5, 5.41) is 22.1. The molecule has 0 aromatic heterocycles. The lowest BCUT2D eigenvalue weighted by molar-refractivity contribution is -0.384. The molecule has 0 radical (unpaired) electrons. The number of benzene rings is 3. The molecule has 0 aliphatic rings. The highest BCUT2D eigenvalue weighted by Crippen LogP contribution is 2.29. The molecule has 0 aliphatic carbocycles. The van der Waals surface area contributed by atoms with Gasteiger partial charge >= 0.3 is 0 Å². The number of ether oxygens (including phenoxy) is 1. The van der Waals surface area contributed by atoms with Crippen LogP contribution in [0.4, 0.5) is 11.4 Å². The molecule has 31 heavy (non-hydrogen) atoms. The number of aryl methyl sites for hydroxylation is 1. The van der Waals surface area contributed by atoms with Crippen LogP contribution in [0.1, 0.15) is 18.1 Å². The molecular formula is C23H19N3O4S. The second-order valence-corrected chi connectivity index (χ2v) is 8.13. The van der Waals surface area contributed by atoms with E-state index < -0.39 is 10.2 Å². The Bertz CT molecular complexity index is 1140. The molecule has 0 saturated carbocycles. The molecule has 1 N–H and O–H groups in total. The van der Waals surface area contributed by atoms with Gasteiger partial charge in [0, 0.05) is 22.7 Å². The van der Waals surface area contributed by atoms with Gasteiger partial charge in [0.1, 0.15) is 11.5 Å². The molecular weight excluding hydrogens is 414 g/mol. The standard InChI is InChI=1S/C23H19N3O4S/c1-15-13-20(30-19-7-3-17(14-24)4-8-19)9-12-22(15)25-23(27)16(2)31-21-10-5-18(6-11-21)26(28)29/h3-13,16H,1-2H3,(H,25,27). The molecule has 3 rings (SSSR count). The highest BCUT2D eigenvalue weighted by molar-refractivity contribution is 8.00. The maximum Gasteiger partial charge on any atom is 0.269 e. The minimum atomic E-state index is -0.456. The van der Waals surface area contributed by atoms with E-state index in [1.165, 1.54) is 23.9 Å². The van der Waals surface area contributed by atoms with Gasteiger partial charge in [-0.05, 0) is 74.0 Å². The zero-order valence-corrected chi connectivity index (χ0v) is 17.7. The third-order valence-corrected chi connectivity index (χ3v) is 5.52. The first-order valence-electron chi connectivity index (χ1n) is 9.36. The van der Waals surface area contributed by atoms with Gasteiger partial charge in [0.2, 0.25) is 5.91 Å². The summed E-state index contributed by atoms with van der Waals surface area (Å²) >= 11 is 1.32. The van der Waals surface area contributed by atoms with Crippen LogP contribution in [0, 0.1) is 28.4 Å². The van der Waals surface area contributed by atoms with E-state index in [4.69, 9.17) is 10.00 Å². The number of anilines is 1. The maximum absolute atomic E-state index is 12.6. The number of amides is 1. The third-order valence-electron chi connectivity index (χ3n) is 4.40. The summed E-state index contributed by atoms with van der Waals surface area (Å²) in [6.45, 7) is 3.65. The third kappa shape index (κ3) is 5.84. The molecule has 3 aromatic carbocycles. The van der Waals surface area contributed by atoms with Crippen molar-refractivity contribution in [1.82, 2.24) is 0 Å². The van der Waals surface area contributed by atoms with E-state index in [2.05, 4.69) is 11.4 Å². The minimum absolute atomic E-state index is 0.0143. The van der Waals surface area contributed by atoms with E-state index >= 15 is 0 Å². The number of hydrogen-bond acceptors (Lipinski definition) is 6. The van der Waals surface area contributed by atoms with Crippen molar-refractivity contribution in [3.8, 4) is 17.6 Å². The number of non-ortho nitro benzene ring substituents is 1. The molecule has 0 heterocycles. The van der Waals surface area contributed by atoms with Crippen molar-refractivity contribution < 1.29 is 14.5 Å². The van der Waals surface area contributed by atoms with Crippen LogP contribution >= 0.6 is 11.8 Å². The number of nitrogens with zero attached hydrogens (tertiary/aromatic N) is 2. The van der Waals surface area contributed by atoms with Crippen LogP contribution in [0.5, 0.6) is 11.5 Å². The Morgan fingerprint density at radius 2 is 1.74 bits per heavy atom. The minimum Gasteiger partial charge on any atom is -0.457 e. The van der Waals surface area contributed by atoms with Crippen LogP contribution in [-0.4, -0.2) is 16.1 Å². The average molecular weight is 433 g/mol. The Kier molecular flexibility index (Phi) is 6.90. The fraction of sp³-hybridized carbons (Fsp3) is 0.130. The lowest BCUT2D eigenvalue weighted by Gasteiger charge is -2.14. The largest absolute Gasteiger partial charge is 0.457 e.